The molecule has 1 amide bonds. The molecule has 28 heavy (non-hydrogen) atoms. The molecule has 0 radical (unpaired) electrons. The summed E-state index contributed by atoms with van der Waals surface area (Å²) in [6.07, 6.45) is 0. The molecule has 0 fully saturated rings. The maximum absolute atomic E-state index is 12.2. The summed E-state index contributed by atoms with van der Waals surface area (Å²) in [5.41, 5.74) is -0.171. The summed E-state index contributed by atoms with van der Waals surface area (Å²) in [4.78, 5) is 34.2. The van der Waals surface area contributed by atoms with Crippen LogP contribution < -0.4 is 10.1 Å². The van der Waals surface area contributed by atoms with Gasteiger partial charge in [0.15, 0.2) is 5.76 Å². The second-order valence-corrected chi connectivity index (χ2v) is 6.16. The number of amides is 1. The summed E-state index contributed by atoms with van der Waals surface area (Å²) >= 11 is 9.98. The summed E-state index contributed by atoms with van der Waals surface area (Å²) in [5.74, 6) is -0.804. The fourth-order valence-electron chi connectivity index (χ4n) is 2.09. The van der Waals surface area contributed by atoms with Gasteiger partial charge in [-0.2, -0.15) is 12.6 Å². The maximum Gasteiger partial charge on any atom is 0.329 e. The number of non-ortho nitro benzene ring substituents is 1. The van der Waals surface area contributed by atoms with E-state index in [0.717, 1.165) is 0 Å². The third kappa shape index (κ3) is 5.64. The molecule has 0 unspecified atom stereocenters. The highest BCUT2D eigenvalue weighted by molar-refractivity contribution is 7.80. The second kappa shape index (κ2) is 10.00. The molecule has 0 spiro atoms. The molecule has 2 rings (SSSR count). The maximum atomic E-state index is 12.2. The Balaban J connectivity index is 2.00. The third-order valence-electron chi connectivity index (χ3n) is 3.44. The number of esters is 1. The van der Waals surface area contributed by atoms with Crippen LogP contribution in [0.25, 0.3) is 0 Å². The van der Waals surface area contributed by atoms with Gasteiger partial charge in [-0.3, -0.25) is 14.9 Å². The van der Waals surface area contributed by atoms with Crippen LogP contribution in [0.1, 0.15) is 23.2 Å². The van der Waals surface area contributed by atoms with Crippen LogP contribution in [0.5, 0.6) is 5.75 Å². The number of hydrogen-bond acceptors (Lipinski definition) is 8. The molecule has 0 aliphatic heterocycles. The van der Waals surface area contributed by atoms with Crippen LogP contribution >= 0.6 is 24.2 Å². The normalized spacial score (nSPS) is 11.5. The first-order valence-corrected chi connectivity index (χ1v) is 9.10. The highest BCUT2D eigenvalue weighted by Gasteiger charge is 2.23. The molecule has 0 aliphatic rings. The summed E-state index contributed by atoms with van der Waals surface area (Å²) in [5, 5.41) is 13.5. The molecular weight excluding hydrogens is 412 g/mol. The van der Waals surface area contributed by atoms with Crippen LogP contribution in [0.3, 0.4) is 0 Å². The predicted octanol–water partition coefficient (Wildman–Crippen LogP) is 3.01. The molecule has 1 heterocycles. The summed E-state index contributed by atoms with van der Waals surface area (Å²) in [7, 11) is 0. The molecule has 11 heteroatoms. The number of nitro groups is 1. The Morgan fingerprint density at radius 2 is 2.11 bits per heavy atom. The molecule has 0 saturated carbocycles. The van der Waals surface area contributed by atoms with Gasteiger partial charge in [0.05, 0.1) is 22.6 Å². The van der Waals surface area contributed by atoms with Crippen LogP contribution in [0, 0.1) is 10.1 Å². The number of hydrogen-bond donors (Lipinski definition) is 2. The Labute approximate surface area is 170 Å². The zero-order valence-corrected chi connectivity index (χ0v) is 16.4. The minimum absolute atomic E-state index is 0.0418. The van der Waals surface area contributed by atoms with Crippen molar-refractivity contribution in [2.45, 2.75) is 19.6 Å². The first kappa shape index (κ1) is 21.6. The van der Waals surface area contributed by atoms with Gasteiger partial charge in [-0.05, 0) is 25.1 Å². The number of thiol groups is 1. The van der Waals surface area contributed by atoms with E-state index < -0.39 is 22.8 Å². The van der Waals surface area contributed by atoms with Gasteiger partial charge >= 0.3 is 5.97 Å². The van der Waals surface area contributed by atoms with E-state index in [1.165, 1.54) is 30.3 Å². The number of nitrogens with one attached hydrogen (secondary N) is 1. The van der Waals surface area contributed by atoms with E-state index in [2.05, 4.69) is 17.9 Å². The molecule has 0 saturated heterocycles. The first-order valence-electron chi connectivity index (χ1n) is 8.09. The average Bonchev–Trinajstić information content (AvgIpc) is 3.14. The van der Waals surface area contributed by atoms with Gasteiger partial charge in [0.25, 0.3) is 11.6 Å². The monoisotopic (exact) mass is 428 g/mol. The number of nitro benzene ring substituents is 1. The minimum atomic E-state index is -0.913. The number of rotatable bonds is 9. The number of carbonyl (C=O) groups excluding carboxylic acids is 2. The number of benzene rings is 1. The molecule has 1 aromatic carbocycles. The first-order chi connectivity index (χ1) is 13.3. The van der Waals surface area contributed by atoms with E-state index in [1.54, 1.807) is 6.92 Å². The van der Waals surface area contributed by atoms with Crippen LogP contribution in [-0.4, -0.2) is 35.2 Å². The summed E-state index contributed by atoms with van der Waals surface area (Å²) in [6, 6.07) is 5.79. The summed E-state index contributed by atoms with van der Waals surface area (Å²) in [6.45, 7) is 1.73. The second-order valence-electron chi connectivity index (χ2n) is 5.39. The van der Waals surface area contributed by atoms with Gasteiger partial charge in [-0.1, -0.05) is 11.6 Å². The Kier molecular flexibility index (Phi) is 7.70. The number of nitrogens with zero attached hydrogens (tertiary/aromatic N) is 1. The highest BCUT2D eigenvalue weighted by Crippen LogP contribution is 2.29. The quantitative estimate of drug-likeness (QED) is 0.272. The Morgan fingerprint density at radius 3 is 2.75 bits per heavy atom. The van der Waals surface area contributed by atoms with Crippen molar-refractivity contribution in [3.05, 3.63) is 57.0 Å². The lowest BCUT2D eigenvalue weighted by molar-refractivity contribution is -0.384. The zero-order chi connectivity index (χ0) is 20.7. The van der Waals surface area contributed by atoms with E-state index in [1.807, 2.05) is 0 Å². The van der Waals surface area contributed by atoms with Gasteiger partial charge in [-0.25, -0.2) is 4.79 Å². The van der Waals surface area contributed by atoms with Crippen molar-refractivity contribution < 1.29 is 28.4 Å². The number of halogens is 1. The SMILES string of the molecule is CCOC(=O)[C@H](CS)NC(=O)c1ccc(COc2cc([N+](=O)[O-])ccc2Cl)o1. The van der Waals surface area contributed by atoms with Crippen molar-refractivity contribution in [1.82, 2.24) is 5.32 Å². The topological polar surface area (TPSA) is 121 Å². The molecular formula is C17H17ClN2O7S. The number of ether oxygens (including phenoxy) is 2. The van der Waals surface area contributed by atoms with Crippen LogP contribution in [0.4, 0.5) is 5.69 Å². The number of carbonyl (C=O) groups is 2. The molecule has 1 aromatic heterocycles. The van der Waals surface area contributed by atoms with E-state index in [0.29, 0.717) is 0 Å². The van der Waals surface area contributed by atoms with Crippen molar-refractivity contribution in [3.63, 3.8) is 0 Å². The van der Waals surface area contributed by atoms with Crippen LogP contribution in [-0.2, 0) is 16.1 Å². The Bertz CT molecular complexity index is 871. The van der Waals surface area contributed by atoms with Crippen molar-refractivity contribution >= 4 is 41.8 Å². The zero-order valence-electron chi connectivity index (χ0n) is 14.7. The predicted molar refractivity (Wildman–Crippen MR) is 103 cm³/mol. The highest BCUT2D eigenvalue weighted by atomic mass is 35.5. The standard InChI is InChI=1S/C17H17ClN2O7S/c1-2-25-17(22)13(9-28)19-16(21)14-6-4-11(27-14)8-26-15-7-10(20(23)24)3-5-12(15)18/h3-7,13,28H,2,8-9H2,1H3,(H,19,21)/t13-/m0/s1. The van der Waals surface area contributed by atoms with Crippen LogP contribution in [0.15, 0.2) is 34.7 Å². The van der Waals surface area contributed by atoms with Gasteiger partial charge < -0.3 is 19.2 Å². The van der Waals surface area contributed by atoms with Crippen molar-refractivity contribution in [1.29, 1.82) is 0 Å². The minimum Gasteiger partial charge on any atom is -0.484 e. The molecule has 0 aliphatic carbocycles. The fourth-order valence-corrected chi connectivity index (χ4v) is 2.51. The smallest absolute Gasteiger partial charge is 0.329 e. The average molecular weight is 429 g/mol. The summed E-state index contributed by atoms with van der Waals surface area (Å²) < 4.78 is 15.7. The van der Waals surface area contributed by atoms with Gasteiger partial charge in [0.1, 0.15) is 24.2 Å². The van der Waals surface area contributed by atoms with E-state index >= 15 is 0 Å². The van der Waals surface area contributed by atoms with E-state index in [4.69, 9.17) is 25.5 Å². The fraction of sp³-hybridized carbons (Fsp3) is 0.294. The van der Waals surface area contributed by atoms with Gasteiger partial charge in [0.2, 0.25) is 0 Å². The largest absolute Gasteiger partial charge is 0.484 e. The van der Waals surface area contributed by atoms with Gasteiger partial charge in [0, 0.05) is 11.8 Å². The van der Waals surface area contributed by atoms with E-state index in [9.17, 15) is 19.7 Å². The number of furan rings is 1. The molecule has 1 atom stereocenters. The molecule has 150 valence electrons. The lowest BCUT2D eigenvalue weighted by Gasteiger charge is -2.14. The van der Waals surface area contributed by atoms with Crippen molar-refractivity contribution in [2.75, 3.05) is 12.4 Å². The van der Waals surface area contributed by atoms with Crippen LogP contribution in [0.2, 0.25) is 5.02 Å². The van der Waals surface area contributed by atoms with Crippen molar-refractivity contribution in [3.8, 4) is 5.75 Å². The van der Waals surface area contributed by atoms with Crippen molar-refractivity contribution in [2.24, 2.45) is 0 Å². The van der Waals surface area contributed by atoms with E-state index in [-0.39, 0.29) is 46.9 Å². The molecule has 0 bridgehead atoms. The molecule has 9 nitrogen and oxygen atoms in total. The Hall–Kier alpha value is -2.72. The lowest BCUT2D eigenvalue weighted by Crippen LogP contribution is -2.43. The molecule has 2 aromatic rings. The Morgan fingerprint density at radius 1 is 1.36 bits per heavy atom. The van der Waals surface area contributed by atoms with Gasteiger partial charge in [-0.15, -0.1) is 0 Å². The lowest BCUT2D eigenvalue weighted by atomic mass is 10.3. The molecule has 1 N–H and O–H groups in total. The third-order valence-corrected chi connectivity index (χ3v) is 4.12.